The van der Waals surface area contributed by atoms with Crippen molar-refractivity contribution in [3.05, 3.63) is 85.6 Å². The van der Waals surface area contributed by atoms with Gasteiger partial charge in [0.05, 0.1) is 16.9 Å². The number of carbonyl (C=O) groups is 3. The molecule has 15 heteroatoms. The number of phenols is 6. The van der Waals surface area contributed by atoms with Crippen LogP contribution in [0.15, 0.2) is 52.7 Å². The first kappa shape index (κ1) is 26.4. The quantitative estimate of drug-likeness (QED) is 0.0538. The lowest BCUT2D eigenvalue weighted by Gasteiger charge is -2.13. The molecule has 6 N–H and O–H groups in total. The highest BCUT2D eigenvalue weighted by atomic mass is 16.4. The number of rotatable bonds is 4. The van der Waals surface area contributed by atoms with Crippen molar-refractivity contribution in [1.82, 2.24) is 0 Å². The zero-order valence-corrected chi connectivity index (χ0v) is 18.7. The summed E-state index contributed by atoms with van der Waals surface area (Å²) in [4.78, 5) is 39.5. The predicted molar refractivity (Wildman–Crippen MR) is 129 cm³/mol. The highest BCUT2D eigenvalue weighted by molar-refractivity contribution is 6.49. The number of aromatic hydroxyl groups is 6. The molecule has 0 saturated heterocycles. The van der Waals surface area contributed by atoms with Crippen molar-refractivity contribution in [2.24, 2.45) is 10.2 Å². The third-order valence-electron chi connectivity index (χ3n) is 5.11. The van der Waals surface area contributed by atoms with Crippen LogP contribution in [0, 0.1) is 0 Å². The van der Waals surface area contributed by atoms with E-state index in [2.05, 4.69) is 20.1 Å². The fourth-order valence-electron chi connectivity index (χ4n) is 3.28. The highest BCUT2D eigenvalue weighted by Crippen LogP contribution is 2.52. The first-order valence-corrected chi connectivity index (χ1v) is 10.1. The summed E-state index contributed by atoms with van der Waals surface area (Å²) in [5.74, 6) is -9.50. The van der Waals surface area contributed by atoms with Gasteiger partial charge in [-0.1, -0.05) is 46.6 Å². The van der Waals surface area contributed by atoms with Crippen molar-refractivity contribution in [3.8, 4) is 34.5 Å². The summed E-state index contributed by atoms with van der Waals surface area (Å²) in [6, 6.07) is 8.99. The van der Waals surface area contributed by atoms with Crippen molar-refractivity contribution in [2.45, 2.75) is 0 Å². The smallest absolute Gasteiger partial charge is 0.233 e. The average molecular weight is 518 g/mol. The molecule has 0 atom stereocenters. The Morgan fingerprint density at radius 3 is 1.89 bits per heavy atom. The zero-order valence-electron chi connectivity index (χ0n) is 18.7. The Bertz CT molecular complexity index is 1620. The lowest BCUT2D eigenvalue weighted by molar-refractivity contribution is -0.110. The number of nitrogens with zero attached hydrogens (tertiary/aromatic N) is 6. The minimum atomic E-state index is -1.31. The Hall–Kier alpha value is -6.17. The van der Waals surface area contributed by atoms with Crippen LogP contribution in [0.4, 0.5) is 11.4 Å². The van der Waals surface area contributed by atoms with E-state index >= 15 is 0 Å². The maximum Gasteiger partial charge on any atom is 0.233 e. The van der Waals surface area contributed by atoms with E-state index in [0.29, 0.717) is 5.56 Å². The largest absolute Gasteiger partial charge is 0.507 e. The third kappa shape index (κ3) is 4.67. The number of hydrogen-bond donors (Lipinski definition) is 6. The Labute approximate surface area is 210 Å². The average Bonchev–Trinajstić information content (AvgIpc) is 2.91. The van der Waals surface area contributed by atoms with E-state index < -0.39 is 68.7 Å². The van der Waals surface area contributed by atoms with Gasteiger partial charge in [-0.2, -0.15) is 0 Å². The fourth-order valence-corrected chi connectivity index (χ4v) is 3.28. The monoisotopic (exact) mass is 518 g/mol. The van der Waals surface area contributed by atoms with Gasteiger partial charge in [-0.3, -0.25) is 14.4 Å². The number of benzene rings is 3. The summed E-state index contributed by atoms with van der Waals surface area (Å²) in [5, 5.41) is 64.3. The summed E-state index contributed by atoms with van der Waals surface area (Å²) >= 11 is 0. The van der Waals surface area contributed by atoms with Crippen LogP contribution >= 0.6 is 0 Å². The molecule has 0 heterocycles. The second-order valence-electron chi connectivity index (χ2n) is 7.27. The van der Waals surface area contributed by atoms with Gasteiger partial charge < -0.3 is 30.6 Å². The maximum absolute atomic E-state index is 12.5. The van der Waals surface area contributed by atoms with Gasteiger partial charge in [-0.15, -0.1) is 0 Å². The van der Waals surface area contributed by atoms with Crippen LogP contribution in [-0.2, 0) is 4.79 Å². The highest BCUT2D eigenvalue weighted by Gasteiger charge is 2.30. The molecular weight excluding hydrogens is 504 g/mol. The van der Waals surface area contributed by atoms with Gasteiger partial charge in [0.25, 0.3) is 0 Å². The molecule has 0 fully saturated rings. The van der Waals surface area contributed by atoms with Crippen LogP contribution < -0.4 is 0 Å². The molecule has 4 rings (SSSR count). The lowest BCUT2D eigenvalue weighted by atomic mass is 9.96. The van der Waals surface area contributed by atoms with Crippen molar-refractivity contribution in [2.75, 3.05) is 0 Å². The molecule has 0 aromatic heterocycles. The van der Waals surface area contributed by atoms with Crippen molar-refractivity contribution >= 4 is 34.8 Å². The van der Waals surface area contributed by atoms with Crippen LogP contribution in [0.2, 0.25) is 0 Å². The van der Waals surface area contributed by atoms with Gasteiger partial charge in [0, 0.05) is 15.4 Å². The SMILES string of the molecule is O=C1C=Cc2ccccc2C1=O.[N-]=[N+]=Nc1ccc(C(=O)c2c(O)c(O)c(O)c(O)c2O)c(O)c1N=[N+]=[N-]. The van der Waals surface area contributed by atoms with E-state index in [0.717, 1.165) is 17.7 Å². The van der Waals surface area contributed by atoms with Crippen LogP contribution in [0.5, 0.6) is 34.5 Å². The molecule has 0 radical (unpaired) electrons. The molecule has 0 unspecified atom stereocenters. The molecule has 0 aliphatic heterocycles. The number of carbonyl (C=O) groups excluding carboxylic acids is 3. The summed E-state index contributed by atoms with van der Waals surface area (Å²) in [6.07, 6.45) is 2.98. The number of phenolic OH excluding ortho intramolecular Hbond substituents is 6. The summed E-state index contributed by atoms with van der Waals surface area (Å²) in [7, 11) is 0. The Morgan fingerprint density at radius 1 is 0.711 bits per heavy atom. The molecule has 1 aliphatic rings. The predicted octanol–water partition coefficient (Wildman–Crippen LogP) is 4.50. The molecule has 3 aromatic rings. The van der Waals surface area contributed by atoms with Crippen LogP contribution in [0.1, 0.15) is 31.8 Å². The van der Waals surface area contributed by atoms with E-state index in [1.54, 1.807) is 18.2 Å². The van der Waals surface area contributed by atoms with Crippen LogP contribution in [-0.4, -0.2) is 48.0 Å². The van der Waals surface area contributed by atoms with E-state index in [4.69, 9.17) is 11.1 Å². The topological polar surface area (TPSA) is 270 Å². The van der Waals surface area contributed by atoms with Crippen molar-refractivity contribution < 1.29 is 45.0 Å². The van der Waals surface area contributed by atoms with E-state index in [9.17, 15) is 45.0 Å². The Balaban J connectivity index is 0.000000275. The van der Waals surface area contributed by atoms with Crippen molar-refractivity contribution in [3.63, 3.8) is 0 Å². The zero-order chi connectivity index (χ0) is 28.1. The summed E-state index contributed by atoms with van der Waals surface area (Å²) in [5.41, 5.74) is 15.7. The molecule has 15 nitrogen and oxygen atoms in total. The lowest BCUT2D eigenvalue weighted by Crippen LogP contribution is -2.15. The van der Waals surface area contributed by atoms with Gasteiger partial charge in [-0.25, -0.2) is 0 Å². The van der Waals surface area contributed by atoms with Gasteiger partial charge >= 0.3 is 0 Å². The number of azide groups is 2. The first-order chi connectivity index (χ1) is 18.0. The molecule has 0 spiro atoms. The first-order valence-electron chi connectivity index (χ1n) is 10.1. The minimum Gasteiger partial charge on any atom is -0.507 e. The molecule has 0 amide bonds. The fraction of sp³-hybridized carbons (Fsp3) is 0. The number of allylic oxidation sites excluding steroid dienone is 1. The Kier molecular flexibility index (Phi) is 7.39. The van der Waals surface area contributed by atoms with Gasteiger partial charge in [0.15, 0.2) is 11.5 Å². The molecule has 1 aliphatic carbocycles. The molecular formula is C23H14N6O9. The standard InChI is InChI=1S/C13H8N6O7.C10H6O2/c14-18-16-4-2-1-3(8(21)6(4)17-19-15)7(20)5-9(22)11(24)13(26)12(25)10(5)23;11-9-6-5-7-3-1-2-4-8(7)10(9)12/h1-2,21-26H;1-6H. The van der Waals surface area contributed by atoms with E-state index in [1.165, 1.54) is 6.08 Å². The number of fused-ring (bicyclic) bond motifs is 1. The van der Waals surface area contributed by atoms with E-state index in [-0.39, 0.29) is 5.69 Å². The molecule has 0 saturated carbocycles. The van der Waals surface area contributed by atoms with E-state index in [1.807, 2.05) is 12.1 Å². The summed E-state index contributed by atoms with van der Waals surface area (Å²) in [6.45, 7) is 0. The second-order valence-corrected chi connectivity index (χ2v) is 7.27. The Morgan fingerprint density at radius 2 is 1.29 bits per heavy atom. The number of Topliss-reactive ketones (excluding diaryl/α,β-unsaturated/α-hetero) is 1. The molecule has 38 heavy (non-hydrogen) atoms. The molecule has 3 aromatic carbocycles. The van der Waals surface area contributed by atoms with Gasteiger partial charge in [0.1, 0.15) is 11.3 Å². The van der Waals surface area contributed by atoms with Crippen molar-refractivity contribution in [1.29, 1.82) is 0 Å². The molecule has 190 valence electrons. The normalized spacial score (nSPS) is 11.4. The third-order valence-corrected chi connectivity index (χ3v) is 5.11. The molecule has 0 bridgehead atoms. The van der Waals surface area contributed by atoms with Crippen LogP contribution in [0.3, 0.4) is 0 Å². The number of hydrogen-bond acceptors (Lipinski definition) is 11. The summed E-state index contributed by atoms with van der Waals surface area (Å²) < 4.78 is 0. The number of ketones is 3. The van der Waals surface area contributed by atoms with Gasteiger partial charge in [-0.05, 0) is 28.8 Å². The van der Waals surface area contributed by atoms with Crippen LogP contribution in [0.25, 0.3) is 27.0 Å². The minimum absolute atomic E-state index is 0.316. The van der Waals surface area contributed by atoms with Gasteiger partial charge in [0.2, 0.25) is 34.6 Å². The second kappa shape index (κ2) is 10.6. The maximum atomic E-state index is 12.5.